The zero-order valence-corrected chi connectivity index (χ0v) is 15.4. The zero-order valence-electron chi connectivity index (χ0n) is 15.4. The van der Waals surface area contributed by atoms with Gasteiger partial charge in [-0.3, -0.25) is 4.79 Å². The van der Waals surface area contributed by atoms with Crippen LogP contribution in [0.15, 0.2) is 54.6 Å². The highest BCUT2D eigenvalue weighted by Crippen LogP contribution is 2.31. The number of hydrogen-bond acceptors (Lipinski definition) is 2. The van der Waals surface area contributed by atoms with Crippen molar-refractivity contribution in [2.75, 3.05) is 11.9 Å². The Morgan fingerprint density at radius 3 is 2.56 bits per heavy atom. The molecular weight excluding hydrogens is 308 g/mol. The molecule has 0 aromatic heterocycles. The molecule has 1 aliphatic heterocycles. The van der Waals surface area contributed by atoms with Gasteiger partial charge in [0.25, 0.3) is 0 Å². The molecule has 1 unspecified atom stereocenters. The first-order valence-corrected chi connectivity index (χ1v) is 9.15. The monoisotopic (exact) mass is 336 g/mol. The number of carbonyl (C=O) groups excluding carboxylic acids is 1. The van der Waals surface area contributed by atoms with Gasteiger partial charge in [0, 0.05) is 11.7 Å². The molecule has 3 heteroatoms. The molecule has 0 bridgehead atoms. The summed E-state index contributed by atoms with van der Waals surface area (Å²) in [4.78, 5) is 13.0. The van der Waals surface area contributed by atoms with E-state index in [-0.39, 0.29) is 23.3 Å². The van der Waals surface area contributed by atoms with Crippen molar-refractivity contribution in [2.24, 2.45) is 5.92 Å². The van der Waals surface area contributed by atoms with Crippen molar-refractivity contribution < 1.29 is 4.79 Å². The molecule has 1 aliphatic rings. The van der Waals surface area contributed by atoms with Crippen molar-refractivity contribution in [1.82, 2.24) is 5.32 Å². The second kappa shape index (κ2) is 7.40. The van der Waals surface area contributed by atoms with E-state index in [1.165, 1.54) is 11.1 Å². The van der Waals surface area contributed by atoms with Crippen molar-refractivity contribution in [2.45, 2.75) is 45.1 Å². The van der Waals surface area contributed by atoms with E-state index in [2.05, 4.69) is 55.7 Å². The van der Waals surface area contributed by atoms with Crippen molar-refractivity contribution in [1.29, 1.82) is 0 Å². The van der Waals surface area contributed by atoms with Gasteiger partial charge in [-0.1, -0.05) is 63.2 Å². The highest BCUT2D eigenvalue weighted by atomic mass is 16.1. The van der Waals surface area contributed by atoms with Crippen LogP contribution in [0.1, 0.15) is 50.8 Å². The largest absolute Gasteiger partial charge is 0.326 e. The fraction of sp³-hybridized carbons (Fsp3) is 0.409. The Labute approximate surface area is 150 Å². The second-order valence-corrected chi connectivity index (χ2v) is 7.91. The minimum Gasteiger partial charge on any atom is -0.326 e. The Morgan fingerprint density at radius 1 is 1.08 bits per heavy atom. The smallest absolute Gasteiger partial charge is 0.229 e. The molecule has 1 saturated heterocycles. The van der Waals surface area contributed by atoms with E-state index in [0.29, 0.717) is 0 Å². The van der Waals surface area contributed by atoms with Crippen LogP contribution in [0.5, 0.6) is 0 Å². The highest BCUT2D eigenvalue weighted by molar-refractivity contribution is 5.93. The third kappa shape index (κ3) is 4.29. The van der Waals surface area contributed by atoms with Gasteiger partial charge in [-0.15, -0.1) is 0 Å². The standard InChI is InChI=1S/C22H28N2O/c1-22(2,3)17-11-7-12-18(15-17)24-21(25)19-13-8-14-23-20(19)16-9-5-4-6-10-16/h4-7,9-12,15,19-20,23H,8,13-14H2,1-3H3,(H,24,25)/t19?,20-/m0/s1. The molecule has 2 aromatic rings. The van der Waals surface area contributed by atoms with Crippen LogP contribution in [0.3, 0.4) is 0 Å². The van der Waals surface area contributed by atoms with Gasteiger partial charge in [-0.2, -0.15) is 0 Å². The maximum atomic E-state index is 13.0. The van der Waals surface area contributed by atoms with E-state index < -0.39 is 0 Å². The Balaban J connectivity index is 1.77. The molecule has 2 N–H and O–H groups in total. The van der Waals surface area contributed by atoms with Crippen LogP contribution in [0, 0.1) is 5.92 Å². The number of benzene rings is 2. The second-order valence-electron chi connectivity index (χ2n) is 7.91. The van der Waals surface area contributed by atoms with Crippen LogP contribution < -0.4 is 10.6 Å². The first kappa shape index (κ1) is 17.7. The number of piperidine rings is 1. The first-order chi connectivity index (χ1) is 11.9. The normalized spacial score (nSPS) is 20.9. The SMILES string of the molecule is CC(C)(C)c1cccc(NC(=O)C2CCCN[C@H]2c2ccccc2)c1. The number of anilines is 1. The molecule has 2 atom stereocenters. The summed E-state index contributed by atoms with van der Waals surface area (Å²) in [6, 6.07) is 18.6. The van der Waals surface area contributed by atoms with E-state index in [0.717, 1.165) is 25.1 Å². The minimum atomic E-state index is -0.0468. The van der Waals surface area contributed by atoms with Crippen molar-refractivity contribution in [3.05, 3.63) is 65.7 Å². The van der Waals surface area contributed by atoms with Crippen LogP contribution in [0.25, 0.3) is 0 Å². The van der Waals surface area contributed by atoms with Gasteiger partial charge >= 0.3 is 0 Å². The Bertz CT molecular complexity index is 718. The fourth-order valence-electron chi connectivity index (χ4n) is 3.48. The molecule has 1 amide bonds. The van der Waals surface area contributed by atoms with E-state index >= 15 is 0 Å². The summed E-state index contributed by atoms with van der Waals surface area (Å²) in [5, 5.41) is 6.67. The summed E-state index contributed by atoms with van der Waals surface area (Å²) >= 11 is 0. The molecular formula is C22H28N2O. The average Bonchev–Trinajstić information content (AvgIpc) is 2.62. The lowest BCUT2D eigenvalue weighted by Gasteiger charge is -2.32. The van der Waals surface area contributed by atoms with E-state index in [1.54, 1.807) is 0 Å². The van der Waals surface area contributed by atoms with Gasteiger partial charge in [0.15, 0.2) is 0 Å². The number of nitrogens with one attached hydrogen (secondary N) is 2. The molecule has 0 aliphatic carbocycles. The topological polar surface area (TPSA) is 41.1 Å². The van der Waals surface area contributed by atoms with Crippen LogP contribution >= 0.6 is 0 Å². The minimum absolute atomic E-state index is 0.0468. The lowest BCUT2D eigenvalue weighted by atomic mass is 9.85. The molecule has 25 heavy (non-hydrogen) atoms. The predicted octanol–water partition coefficient (Wildman–Crippen LogP) is 4.66. The van der Waals surface area contributed by atoms with Gasteiger partial charge in [-0.05, 0) is 48.1 Å². The summed E-state index contributed by atoms with van der Waals surface area (Å²) in [7, 11) is 0. The number of hydrogen-bond donors (Lipinski definition) is 2. The van der Waals surface area contributed by atoms with Gasteiger partial charge in [0.2, 0.25) is 5.91 Å². The van der Waals surface area contributed by atoms with Crippen LogP contribution in [-0.4, -0.2) is 12.5 Å². The van der Waals surface area contributed by atoms with Gasteiger partial charge < -0.3 is 10.6 Å². The Morgan fingerprint density at radius 2 is 1.84 bits per heavy atom. The number of rotatable bonds is 3. The fourth-order valence-corrected chi connectivity index (χ4v) is 3.48. The molecule has 1 heterocycles. The van der Waals surface area contributed by atoms with E-state index in [9.17, 15) is 4.79 Å². The average molecular weight is 336 g/mol. The predicted molar refractivity (Wildman–Crippen MR) is 104 cm³/mol. The molecule has 132 valence electrons. The Kier molecular flexibility index (Phi) is 5.24. The summed E-state index contributed by atoms with van der Waals surface area (Å²) in [5.41, 5.74) is 3.37. The van der Waals surface area contributed by atoms with Gasteiger partial charge in [0.1, 0.15) is 0 Å². The lowest BCUT2D eigenvalue weighted by Crippen LogP contribution is -2.40. The van der Waals surface area contributed by atoms with Crippen molar-refractivity contribution in [3.8, 4) is 0 Å². The lowest BCUT2D eigenvalue weighted by molar-refractivity contribution is -0.121. The first-order valence-electron chi connectivity index (χ1n) is 9.15. The molecule has 0 radical (unpaired) electrons. The third-order valence-electron chi connectivity index (χ3n) is 4.95. The molecule has 0 spiro atoms. The van der Waals surface area contributed by atoms with E-state index in [1.807, 2.05) is 30.3 Å². The quantitative estimate of drug-likeness (QED) is 0.855. The van der Waals surface area contributed by atoms with Crippen molar-refractivity contribution in [3.63, 3.8) is 0 Å². The highest BCUT2D eigenvalue weighted by Gasteiger charge is 2.31. The maximum Gasteiger partial charge on any atom is 0.229 e. The molecule has 3 nitrogen and oxygen atoms in total. The maximum absolute atomic E-state index is 13.0. The van der Waals surface area contributed by atoms with Crippen LogP contribution in [0.2, 0.25) is 0 Å². The zero-order chi connectivity index (χ0) is 17.9. The number of amides is 1. The van der Waals surface area contributed by atoms with Gasteiger partial charge in [-0.25, -0.2) is 0 Å². The van der Waals surface area contributed by atoms with Crippen LogP contribution in [0.4, 0.5) is 5.69 Å². The van der Waals surface area contributed by atoms with Crippen molar-refractivity contribution >= 4 is 11.6 Å². The molecule has 2 aromatic carbocycles. The van der Waals surface area contributed by atoms with Crippen LogP contribution in [-0.2, 0) is 10.2 Å². The number of carbonyl (C=O) groups is 1. The Hall–Kier alpha value is -2.13. The summed E-state index contributed by atoms with van der Waals surface area (Å²) < 4.78 is 0. The third-order valence-corrected chi connectivity index (χ3v) is 4.95. The molecule has 3 rings (SSSR count). The summed E-state index contributed by atoms with van der Waals surface area (Å²) in [5.74, 6) is 0.0570. The van der Waals surface area contributed by atoms with E-state index in [4.69, 9.17) is 0 Å². The summed E-state index contributed by atoms with van der Waals surface area (Å²) in [6.07, 6.45) is 1.95. The summed E-state index contributed by atoms with van der Waals surface area (Å²) in [6.45, 7) is 7.52. The van der Waals surface area contributed by atoms with Gasteiger partial charge in [0.05, 0.1) is 5.92 Å². The molecule has 0 saturated carbocycles. The molecule has 1 fully saturated rings.